The number of hydrogen-bond donors (Lipinski definition) is 2. The van der Waals surface area contributed by atoms with Gasteiger partial charge in [-0.15, -0.1) is 10.2 Å². The summed E-state index contributed by atoms with van der Waals surface area (Å²) in [4.78, 5) is 56.5. The number of hydrogen-bond acceptors (Lipinski definition) is 17. The van der Waals surface area contributed by atoms with Crippen LogP contribution in [0.2, 0.25) is 0 Å². The van der Waals surface area contributed by atoms with E-state index in [2.05, 4.69) is 66.4 Å². The van der Waals surface area contributed by atoms with E-state index in [1.807, 2.05) is 12.2 Å². The number of nitrogens with one attached hydrogen (secondary N) is 2. The number of H-pyrrole nitrogens is 1. The van der Waals surface area contributed by atoms with Gasteiger partial charge >= 0.3 is 18.5 Å². The van der Waals surface area contributed by atoms with Gasteiger partial charge in [-0.1, -0.05) is 143 Å². The lowest BCUT2D eigenvalue weighted by molar-refractivity contribution is -0.124. The number of nitrogens with zero attached hydrogens (tertiary/aromatic N) is 13. The first-order valence-corrected chi connectivity index (χ1v) is 47.8. The van der Waals surface area contributed by atoms with Gasteiger partial charge in [0.15, 0.2) is 12.5 Å². The molecule has 2 N–H and O–H groups in total. The smallest absolute Gasteiger partial charge is 0.393 e. The lowest BCUT2D eigenvalue weighted by Gasteiger charge is -2.23. The van der Waals surface area contributed by atoms with Crippen molar-refractivity contribution in [3.05, 3.63) is 305 Å². The van der Waals surface area contributed by atoms with E-state index in [1.54, 1.807) is 236 Å². The molecule has 36 heteroatoms. The Morgan fingerprint density at radius 3 is 1.14 bits per heavy atom. The van der Waals surface area contributed by atoms with E-state index in [4.69, 9.17) is 23.7 Å². The Morgan fingerprint density at radius 2 is 0.803 bits per heavy atom. The van der Waals surface area contributed by atoms with Gasteiger partial charge in [0.25, 0.3) is 0 Å². The van der Waals surface area contributed by atoms with Gasteiger partial charge in [0.1, 0.15) is 18.3 Å². The van der Waals surface area contributed by atoms with Crippen LogP contribution in [0.25, 0.3) is 66.1 Å². The van der Waals surface area contributed by atoms with Gasteiger partial charge in [-0.3, -0.25) is 29.3 Å². The molecule has 0 radical (unpaired) electrons. The second kappa shape index (κ2) is 48.6. The first kappa shape index (κ1) is 105. The van der Waals surface area contributed by atoms with Gasteiger partial charge in [0.2, 0.25) is 53.2 Å². The van der Waals surface area contributed by atoms with Crippen molar-refractivity contribution in [1.29, 1.82) is 0 Å². The summed E-state index contributed by atoms with van der Waals surface area (Å²) in [5.74, 6) is -1.12. The number of ether oxygens (including phenoxy) is 5. The van der Waals surface area contributed by atoms with E-state index in [0.717, 1.165) is 69.9 Å². The molecule has 3 amide bonds. The summed E-state index contributed by atoms with van der Waals surface area (Å²) in [5, 5.41) is 19.0. The van der Waals surface area contributed by atoms with Crippen molar-refractivity contribution in [2.75, 3.05) is 113 Å². The average Bonchev–Trinajstić information content (AvgIpc) is 1.41. The second-order valence-electron chi connectivity index (χ2n) is 35.4. The first-order valence-electron chi connectivity index (χ1n) is 46.7. The van der Waals surface area contributed by atoms with Crippen LogP contribution in [-0.4, -0.2) is 237 Å². The molecule has 5 fully saturated rings. The predicted molar refractivity (Wildman–Crippen MR) is 525 cm³/mol. The summed E-state index contributed by atoms with van der Waals surface area (Å²) in [7, 11) is 10.2. The largest absolute Gasteiger partial charge is 0.473 e. The molecular formula is C106H110BrF12N15O8. The van der Waals surface area contributed by atoms with Crippen LogP contribution in [-0.2, 0) is 23.9 Å². The quantitative estimate of drug-likeness (QED) is 0.0201. The lowest BCUT2D eigenvalue weighted by Crippen LogP contribution is -2.25. The van der Waals surface area contributed by atoms with Crippen LogP contribution >= 0.6 is 15.9 Å². The van der Waals surface area contributed by atoms with Crippen LogP contribution in [0.15, 0.2) is 237 Å². The zero-order valence-corrected chi connectivity index (χ0v) is 80.7. The fourth-order valence-electron chi connectivity index (χ4n) is 17.3. The Labute approximate surface area is 822 Å². The highest BCUT2D eigenvalue weighted by Gasteiger charge is 2.37. The third-order valence-corrected chi connectivity index (χ3v) is 24.7. The van der Waals surface area contributed by atoms with Crippen LogP contribution in [0.1, 0.15) is 140 Å². The number of likely N-dealkylation sites (N-methyl/N-ethyl adjacent to an activating group) is 3. The number of halogens is 13. The molecule has 17 rings (SSSR count). The van der Waals surface area contributed by atoms with Crippen LogP contribution in [0.3, 0.4) is 0 Å². The molecule has 5 aliphatic heterocycles. The zero-order valence-electron chi connectivity index (χ0n) is 79.2. The van der Waals surface area contributed by atoms with E-state index >= 15 is 8.78 Å². The van der Waals surface area contributed by atoms with Gasteiger partial charge in [0.05, 0.1) is 52.0 Å². The van der Waals surface area contributed by atoms with E-state index in [0.29, 0.717) is 149 Å². The van der Waals surface area contributed by atoms with Gasteiger partial charge < -0.3 is 43.7 Å². The predicted octanol–water partition coefficient (Wildman–Crippen LogP) is 21.3. The number of carbonyl (C=O) groups is 3. The van der Waals surface area contributed by atoms with Crippen LogP contribution in [0.5, 0.6) is 17.6 Å². The monoisotopic (exact) mass is 2030 g/mol. The summed E-state index contributed by atoms with van der Waals surface area (Å²) < 4.78 is 205. The van der Waals surface area contributed by atoms with Crippen molar-refractivity contribution in [2.45, 2.75) is 126 Å². The minimum Gasteiger partial charge on any atom is -0.473 e. The highest BCUT2D eigenvalue weighted by atomic mass is 79.9. The molecule has 0 bridgehead atoms. The molecule has 5 atom stereocenters. The molecule has 5 aliphatic rings. The molecule has 0 spiro atoms. The first-order chi connectivity index (χ1) is 68.2. The maximum atomic E-state index is 15.4. The molecule has 6 aromatic carbocycles. The summed E-state index contributed by atoms with van der Waals surface area (Å²) >= 11 is 3.17. The molecule has 0 aliphatic carbocycles. The number of carbonyl (C=O) groups excluding carboxylic acids is 3. The number of likely N-dealkylation sites (tertiary alicyclic amines) is 2. The number of fused-ring (bicyclic) bond motifs is 3. The van der Waals surface area contributed by atoms with E-state index in [-0.39, 0.29) is 86.3 Å². The SMILES string of the molecule is CN(C)C(=O)/C=C/CBr.CN(C)C(=O)/C=C/CN1CC[C@@H](Oc2ccc(/C(=C(/CC(F)(F)F)c3ccccc3)c3ccc4c(c3)c(F)nn4C3CCCCO3)cn2)C1.CN(C)C(=O)/C=C/CN1CC[C@@H](Oc2ccc(/C(=C(/CC(F)(F)F)c3ccccc3)c3ccc4n[nH]c(F)c4c3)cn2)C1.Fc1nn(C2CCCCO2)c2ccc(/C(=C(\CC(F)(F)F)c3ccccc3)c3ccc(O[C@@H]4CCNC4)nc3)cc12. The van der Waals surface area contributed by atoms with E-state index in [1.165, 1.54) is 54.8 Å². The number of pyridine rings is 3. The molecule has 748 valence electrons. The molecule has 5 saturated heterocycles. The summed E-state index contributed by atoms with van der Waals surface area (Å²) in [6.45, 7) is 6.79. The third-order valence-electron chi connectivity index (χ3n) is 24.3. The summed E-state index contributed by atoms with van der Waals surface area (Å²) in [6, 6.07) is 49.9. The molecule has 142 heavy (non-hydrogen) atoms. The zero-order chi connectivity index (χ0) is 101. The molecule has 11 heterocycles. The summed E-state index contributed by atoms with van der Waals surface area (Å²) in [5.41, 5.74) is 6.23. The Bertz CT molecular complexity index is 6450. The number of aromatic amines is 1. The van der Waals surface area contributed by atoms with Crippen molar-refractivity contribution in [1.82, 2.24) is 74.5 Å². The molecule has 0 saturated carbocycles. The molecule has 2 unspecified atom stereocenters. The van der Waals surface area contributed by atoms with Gasteiger partial charge in [0, 0.05) is 172 Å². The van der Waals surface area contributed by atoms with Crippen molar-refractivity contribution in [2.24, 2.45) is 0 Å². The molecule has 23 nitrogen and oxygen atoms in total. The highest BCUT2D eigenvalue weighted by molar-refractivity contribution is 9.09. The Morgan fingerprint density at radius 1 is 0.437 bits per heavy atom. The maximum Gasteiger partial charge on any atom is 0.393 e. The average molecular weight is 2030 g/mol. The van der Waals surface area contributed by atoms with Crippen molar-refractivity contribution >= 4 is 99.8 Å². The minimum atomic E-state index is -4.52. The number of allylic oxidation sites excluding steroid dienone is 4. The fraction of sp³-hybridized carbons (Fsp3) is 0.349. The van der Waals surface area contributed by atoms with E-state index < -0.39 is 61.9 Å². The normalized spacial score (nSPS) is 18.2. The standard InChI is InChI=1S/C37H39F4N5O3.C32H31F4N5O2.C31H30F4N4O2.C6H10BrNO/c1-44(2)33(47)11-8-18-45-19-17-28(24-45)49-32-16-14-27(23-42-32)35(30(22-37(39,40)41)25-9-4-3-5-10-25)26-13-15-31-29(21-26)36(38)43-46(31)34-12-6-7-20-48-34;1-40(2)29(42)9-6-15-41-16-14-24(20-41)43-28-13-11-23(19-37-28)30(22-10-12-27-25(17-22)31(33)39-38-27)26(18-32(34,35)36)21-7-4-3-5-8-21;32-30-24-16-21(9-11-26(24)39(38-30)28-8-4-5-15-40-28)29(25(17-31(33,34)35)20-6-2-1-3-7-20)22-10-12-27(37-18-22)41-23-13-14-36-19-23;1-8(2)6(9)4-3-5-7/h3-5,8-11,13-16,21,23,28,34H,6-7,12,17-20,22,24H2,1-2H3;3-13,17,19,24H,14-16,18,20H2,1-2H3,(H,38,39);1-3,6-7,9-12,16,18,23,28,36H,4-5,8,13-15,17,19H2;3-4H,5H2,1-2H3/b11-8+,35-30-;9-6+,30-26-;29-25-;4-3+/t28-,34?;24-;23-,28?;/m111./s1. The Balaban J connectivity index is 0.000000162. The molecular weight excluding hydrogens is 1920 g/mol. The lowest BCUT2D eigenvalue weighted by atomic mass is 9.88. The molecule has 6 aromatic heterocycles. The van der Waals surface area contributed by atoms with Crippen LogP contribution in [0.4, 0.5) is 52.7 Å². The minimum absolute atomic E-state index is 0.0106. The maximum absolute atomic E-state index is 15.4. The van der Waals surface area contributed by atoms with Gasteiger partial charge in [-0.2, -0.15) is 57.8 Å². The number of amides is 3. The highest BCUT2D eigenvalue weighted by Crippen LogP contribution is 2.46. The third kappa shape index (κ3) is 28.7. The van der Waals surface area contributed by atoms with Gasteiger partial charge in [-0.25, -0.2) is 24.3 Å². The van der Waals surface area contributed by atoms with Crippen LogP contribution < -0.4 is 19.5 Å². The van der Waals surface area contributed by atoms with Crippen molar-refractivity contribution in [3.63, 3.8) is 0 Å². The number of alkyl halides is 10. The fourth-order valence-corrected chi connectivity index (χ4v) is 17.5. The van der Waals surface area contributed by atoms with Gasteiger partial charge in [-0.05, 0) is 192 Å². The van der Waals surface area contributed by atoms with Crippen LogP contribution in [0, 0.1) is 17.8 Å². The number of aromatic nitrogens is 9. The second-order valence-corrected chi connectivity index (χ2v) is 36.1. The van der Waals surface area contributed by atoms with Crippen molar-refractivity contribution < 1.29 is 90.8 Å². The van der Waals surface area contributed by atoms with Crippen molar-refractivity contribution in [3.8, 4) is 17.6 Å². The number of rotatable bonds is 28. The summed E-state index contributed by atoms with van der Waals surface area (Å²) in [6.07, 6.45) is 3.96. The Hall–Kier alpha value is -13.1. The molecule has 12 aromatic rings. The topological polar surface area (TPSA) is 229 Å². The number of benzene rings is 6. The van der Waals surface area contributed by atoms with E-state index in [9.17, 15) is 58.3 Å². The Kier molecular flexibility index (Phi) is 35.8.